The van der Waals surface area contributed by atoms with E-state index in [9.17, 15) is 22.0 Å². The van der Waals surface area contributed by atoms with Crippen molar-refractivity contribution in [3.05, 3.63) is 64.7 Å². The van der Waals surface area contributed by atoms with Crippen molar-refractivity contribution in [3.63, 3.8) is 0 Å². The van der Waals surface area contributed by atoms with E-state index in [1.54, 1.807) is 19.1 Å². The third kappa shape index (κ3) is 4.83. The van der Waals surface area contributed by atoms with Crippen LogP contribution in [-0.2, 0) is 10.0 Å². The van der Waals surface area contributed by atoms with Crippen LogP contribution in [0.15, 0.2) is 41.3 Å². The molecule has 0 aliphatic carbocycles. The van der Waals surface area contributed by atoms with E-state index in [-0.39, 0.29) is 23.5 Å². The lowest BCUT2D eigenvalue weighted by atomic mass is 10.2. The minimum atomic E-state index is -3.71. The molecule has 2 rings (SSSR count). The number of carbonyl (C=O) groups excluding carboxylic acids is 1. The fourth-order valence-corrected chi connectivity index (χ4v) is 3.57. The summed E-state index contributed by atoms with van der Waals surface area (Å²) in [7, 11) is -3.71. The van der Waals surface area contributed by atoms with Gasteiger partial charge in [0, 0.05) is 19.2 Å². The third-order valence-electron chi connectivity index (χ3n) is 3.50. The number of hydrogen-bond acceptors (Lipinski definition) is 3. The highest BCUT2D eigenvalue weighted by molar-refractivity contribution is 7.89. The average molecular weight is 368 g/mol. The Bertz CT molecular complexity index is 899. The minimum Gasteiger partial charge on any atom is -0.351 e. The van der Waals surface area contributed by atoms with Gasteiger partial charge in [-0.15, -0.1) is 0 Å². The molecule has 0 saturated carbocycles. The van der Waals surface area contributed by atoms with Crippen LogP contribution < -0.4 is 10.0 Å². The number of sulfonamides is 1. The highest BCUT2D eigenvalue weighted by Gasteiger charge is 2.17. The van der Waals surface area contributed by atoms with Crippen molar-refractivity contribution in [2.75, 3.05) is 13.1 Å². The maximum Gasteiger partial charge on any atom is 0.254 e. The molecule has 0 unspecified atom stereocenters. The van der Waals surface area contributed by atoms with Gasteiger partial charge < -0.3 is 5.32 Å². The number of halogens is 2. The minimum absolute atomic E-state index is 0.0419. The number of amides is 1. The molecule has 0 heterocycles. The second-order valence-corrected chi connectivity index (χ2v) is 7.28. The van der Waals surface area contributed by atoms with Gasteiger partial charge in [-0.25, -0.2) is 21.9 Å². The molecule has 0 bridgehead atoms. The summed E-state index contributed by atoms with van der Waals surface area (Å²) in [4.78, 5) is 12.0. The quantitative estimate of drug-likeness (QED) is 0.768. The van der Waals surface area contributed by atoms with Crippen molar-refractivity contribution in [2.45, 2.75) is 18.7 Å². The molecule has 0 spiro atoms. The highest BCUT2D eigenvalue weighted by Crippen LogP contribution is 2.16. The SMILES string of the molecule is Cc1ccc(S(=O)(=O)NCCNC(=O)c2ccc(F)cc2F)c(C)c1. The highest BCUT2D eigenvalue weighted by atomic mass is 32.2. The Labute approximate surface area is 145 Å². The Kier molecular flexibility index (Phi) is 5.86. The monoisotopic (exact) mass is 368 g/mol. The summed E-state index contributed by atoms with van der Waals surface area (Å²) in [6.45, 7) is 3.45. The Morgan fingerprint density at radius 3 is 2.40 bits per heavy atom. The number of hydrogen-bond donors (Lipinski definition) is 2. The van der Waals surface area contributed by atoms with E-state index in [0.29, 0.717) is 11.6 Å². The summed E-state index contributed by atoms with van der Waals surface area (Å²) in [6.07, 6.45) is 0. The number of benzene rings is 2. The molecule has 0 fully saturated rings. The van der Waals surface area contributed by atoms with Gasteiger partial charge in [0.2, 0.25) is 10.0 Å². The maximum atomic E-state index is 13.5. The molecule has 0 aliphatic rings. The van der Waals surface area contributed by atoms with E-state index in [2.05, 4.69) is 10.0 Å². The van der Waals surface area contributed by atoms with Crippen LogP contribution >= 0.6 is 0 Å². The first kappa shape index (κ1) is 19.0. The van der Waals surface area contributed by atoms with Crippen molar-refractivity contribution in [1.82, 2.24) is 10.0 Å². The standard InChI is InChI=1S/C17H18F2N2O3S/c1-11-3-6-16(12(2)9-11)25(23,24)21-8-7-20-17(22)14-5-4-13(18)10-15(14)19/h3-6,9-10,21H,7-8H2,1-2H3,(H,20,22). The fourth-order valence-electron chi connectivity index (χ4n) is 2.31. The molecule has 8 heteroatoms. The predicted molar refractivity (Wildman–Crippen MR) is 89.8 cm³/mol. The van der Waals surface area contributed by atoms with Gasteiger partial charge in [-0.05, 0) is 37.6 Å². The second kappa shape index (κ2) is 7.71. The summed E-state index contributed by atoms with van der Waals surface area (Å²) in [5, 5.41) is 2.38. The molecule has 2 N–H and O–H groups in total. The van der Waals surface area contributed by atoms with Gasteiger partial charge in [0.15, 0.2) is 0 Å². The van der Waals surface area contributed by atoms with Crippen LogP contribution in [0.1, 0.15) is 21.5 Å². The van der Waals surface area contributed by atoms with Gasteiger partial charge in [0.05, 0.1) is 10.5 Å². The first-order valence-electron chi connectivity index (χ1n) is 7.51. The first-order chi connectivity index (χ1) is 11.7. The van der Waals surface area contributed by atoms with Gasteiger partial charge in [-0.1, -0.05) is 17.7 Å². The zero-order valence-corrected chi connectivity index (χ0v) is 14.6. The molecule has 5 nitrogen and oxygen atoms in total. The summed E-state index contributed by atoms with van der Waals surface area (Å²) in [5.74, 6) is -2.51. The number of aryl methyl sites for hydroxylation is 2. The van der Waals surface area contributed by atoms with E-state index in [0.717, 1.165) is 17.7 Å². The number of carbonyl (C=O) groups is 1. The normalized spacial score (nSPS) is 11.4. The molecule has 1 amide bonds. The van der Waals surface area contributed by atoms with Crippen LogP contribution in [0, 0.1) is 25.5 Å². The van der Waals surface area contributed by atoms with Gasteiger partial charge in [0.25, 0.3) is 5.91 Å². The second-order valence-electron chi connectivity index (χ2n) is 5.55. The fraction of sp³-hybridized carbons (Fsp3) is 0.235. The average Bonchev–Trinajstić information content (AvgIpc) is 2.51. The zero-order chi connectivity index (χ0) is 18.6. The largest absolute Gasteiger partial charge is 0.351 e. The molecular formula is C17H18F2N2O3S. The van der Waals surface area contributed by atoms with Crippen LogP contribution in [0.4, 0.5) is 8.78 Å². The van der Waals surface area contributed by atoms with Crippen LogP contribution in [0.25, 0.3) is 0 Å². The van der Waals surface area contributed by atoms with E-state index in [1.165, 1.54) is 6.07 Å². The summed E-state index contributed by atoms with van der Waals surface area (Å²) in [5.41, 5.74) is 1.26. The molecule has 0 saturated heterocycles. The van der Waals surface area contributed by atoms with E-state index in [4.69, 9.17) is 0 Å². The molecule has 0 aliphatic heterocycles. The van der Waals surface area contributed by atoms with Gasteiger partial charge in [-0.3, -0.25) is 4.79 Å². The predicted octanol–water partition coefficient (Wildman–Crippen LogP) is 2.29. The van der Waals surface area contributed by atoms with E-state index in [1.807, 2.05) is 6.92 Å². The molecule has 2 aromatic carbocycles. The van der Waals surface area contributed by atoms with Gasteiger partial charge in [-0.2, -0.15) is 0 Å². The Morgan fingerprint density at radius 1 is 1.04 bits per heavy atom. The smallest absolute Gasteiger partial charge is 0.254 e. The lowest BCUT2D eigenvalue weighted by Gasteiger charge is -2.11. The number of rotatable bonds is 6. The number of nitrogens with one attached hydrogen (secondary N) is 2. The molecular weight excluding hydrogens is 350 g/mol. The summed E-state index contributed by atoms with van der Waals surface area (Å²) in [6, 6.07) is 7.58. The third-order valence-corrected chi connectivity index (χ3v) is 5.12. The first-order valence-corrected chi connectivity index (χ1v) is 8.99. The molecule has 2 aromatic rings. The van der Waals surface area contributed by atoms with Crippen molar-refractivity contribution in [2.24, 2.45) is 0 Å². The zero-order valence-electron chi connectivity index (χ0n) is 13.8. The Hall–Kier alpha value is -2.32. The topological polar surface area (TPSA) is 75.3 Å². The summed E-state index contributed by atoms with van der Waals surface area (Å²) >= 11 is 0. The van der Waals surface area contributed by atoms with E-state index < -0.39 is 27.6 Å². The van der Waals surface area contributed by atoms with Crippen molar-refractivity contribution >= 4 is 15.9 Å². The summed E-state index contributed by atoms with van der Waals surface area (Å²) < 4.78 is 53.2. The van der Waals surface area contributed by atoms with Gasteiger partial charge in [0.1, 0.15) is 11.6 Å². The van der Waals surface area contributed by atoms with Crippen LogP contribution in [-0.4, -0.2) is 27.4 Å². The molecule has 0 atom stereocenters. The van der Waals surface area contributed by atoms with Gasteiger partial charge >= 0.3 is 0 Å². The van der Waals surface area contributed by atoms with Crippen LogP contribution in [0.3, 0.4) is 0 Å². The maximum absolute atomic E-state index is 13.5. The molecule has 134 valence electrons. The van der Waals surface area contributed by atoms with E-state index >= 15 is 0 Å². The van der Waals surface area contributed by atoms with Crippen molar-refractivity contribution in [3.8, 4) is 0 Å². The lowest BCUT2D eigenvalue weighted by Crippen LogP contribution is -2.35. The van der Waals surface area contributed by atoms with Crippen molar-refractivity contribution < 1.29 is 22.0 Å². The Balaban J connectivity index is 1.93. The van der Waals surface area contributed by atoms with Crippen molar-refractivity contribution in [1.29, 1.82) is 0 Å². The molecule has 25 heavy (non-hydrogen) atoms. The van der Waals surface area contributed by atoms with Crippen LogP contribution in [0.5, 0.6) is 0 Å². The lowest BCUT2D eigenvalue weighted by molar-refractivity contribution is 0.0950. The molecule has 0 radical (unpaired) electrons. The Morgan fingerprint density at radius 2 is 1.76 bits per heavy atom. The molecule has 0 aromatic heterocycles. The van der Waals surface area contributed by atoms with Crippen LogP contribution in [0.2, 0.25) is 0 Å².